The quantitative estimate of drug-likeness (QED) is 0.648. The molecular weight excluding hydrogens is 198 g/mol. The van der Waals surface area contributed by atoms with Gasteiger partial charge in [-0.2, -0.15) is 0 Å². The van der Waals surface area contributed by atoms with Crippen LogP contribution in [0, 0.1) is 0 Å². The molecule has 0 saturated carbocycles. The molecule has 0 heterocycles. The van der Waals surface area contributed by atoms with E-state index in [1.807, 2.05) is 0 Å². The van der Waals surface area contributed by atoms with Crippen LogP contribution in [0.2, 0.25) is 0 Å². The third kappa shape index (κ3) is 7.20. The minimum atomic E-state index is 0.588. The highest BCUT2D eigenvalue weighted by Crippen LogP contribution is 2.01. The Morgan fingerprint density at radius 1 is 1.06 bits per heavy atom. The summed E-state index contributed by atoms with van der Waals surface area (Å²) in [6.45, 7) is 13.6. The Kier molecular flexibility index (Phi) is 8.90. The van der Waals surface area contributed by atoms with Gasteiger partial charge in [-0.3, -0.25) is 4.90 Å². The predicted molar refractivity (Wildman–Crippen MR) is 73.0 cm³/mol. The molecule has 0 aromatic carbocycles. The Balaban J connectivity index is 3.97. The van der Waals surface area contributed by atoms with E-state index < -0.39 is 0 Å². The van der Waals surface area contributed by atoms with Crippen molar-refractivity contribution in [2.24, 2.45) is 0 Å². The van der Waals surface area contributed by atoms with Crippen molar-refractivity contribution in [3.05, 3.63) is 0 Å². The first-order valence-electron chi connectivity index (χ1n) is 6.63. The second-order valence-electron chi connectivity index (χ2n) is 5.05. The molecule has 1 N–H and O–H groups in total. The van der Waals surface area contributed by atoms with Crippen molar-refractivity contribution in [2.75, 3.05) is 40.3 Å². The lowest BCUT2D eigenvalue weighted by Gasteiger charge is -2.32. The summed E-state index contributed by atoms with van der Waals surface area (Å²) in [5.41, 5.74) is 0. The lowest BCUT2D eigenvalue weighted by atomic mass is 10.2. The van der Waals surface area contributed by atoms with Crippen molar-refractivity contribution in [1.82, 2.24) is 15.1 Å². The van der Waals surface area contributed by atoms with Crippen LogP contribution in [0.25, 0.3) is 0 Å². The predicted octanol–water partition coefficient (Wildman–Crippen LogP) is 1.65. The van der Waals surface area contributed by atoms with Crippen LogP contribution in [0.15, 0.2) is 0 Å². The maximum atomic E-state index is 3.55. The van der Waals surface area contributed by atoms with Gasteiger partial charge in [-0.1, -0.05) is 13.8 Å². The molecule has 0 aromatic heterocycles. The molecule has 98 valence electrons. The van der Waals surface area contributed by atoms with Gasteiger partial charge >= 0.3 is 0 Å². The van der Waals surface area contributed by atoms with Crippen molar-refractivity contribution < 1.29 is 0 Å². The molecule has 0 amide bonds. The number of nitrogens with one attached hydrogen (secondary N) is 1. The Morgan fingerprint density at radius 2 is 1.69 bits per heavy atom. The summed E-state index contributed by atoms with van der Waals surface area (Å²) in [5.74, 6) is 0. The molecule has 16 heavy (non-hydrogen) atoms. The van der Waals surface area contributed by atoms with E-state index >= 15 is 0 Å². The zero-order chi connectivity index (χ0) is 12.6. The molecule has 0 saturated heterocycles. The van der Waals surface area contributed by atoms with Gasteiger partial charge in [-0.15, -0.1) is 0 Å². The van der Waals surface area contributed by atoms with Crippen LogP contribution in [0.1, 0.15) is 34.1 Å². The van der Waals surface area contributed by atoms with Crippen molar-refractivity contribution in [2.45, 2.75) is 46.2 Å². The zero-order valence-corrected chi connectivity index (χ0v) is 12.1. The second-order valence-corrected chi connectivity index (χ2v) is 5.05. The first kappa shape index (κ1) is 15.9. The number of hydrogen-bond donors (Lipinski definition) is 1. The average molecular weight is 229 g/mol. The Morgan fingerprint density at radius 3 is 2.12 bits per heavy atom. The van der Waals surface area contributed by atoms with E-state index in [1.54, 1.807) is 0 Å². The number of hydrogen-bond acceptors (Lipinski definition) is 3. The highest BCUT2D eigenvalue weighted by atomic mass is 15.2. The molecule has 3 nitrogen and oxygen atoms in total. The number of rotatable bonds is 9. The van der Waals surface area contributed by atoms with Crippen LogP contribution in [0.4, 0.5) is 0 Å². The standard InChI is InChI=1S/C13H31N3/c1-7-9-14-12(3)10-16(8-2)13(4)11-15(5)6/h12-14H,7-11H2,1-6H3. The minimum Gasteiger partial charge on any atom is -0.313 e. The SMILES string of the molecule is CCCNC(C)CN(CC)C(C)CN(C)C. The van der Waals surface area contributed by atoms with E-state index in [2.05, 4.69) is 56.9 Å². The molecule has 0 aliphatic heterocycles. The monoisotopic (exact) mass is 229 g/mol. The van der Waals surface area contributed by atoms with Crippen molar-refractivity contribution in [3.63, 3.8) is 0 Å². The minimum absolute atomic E-state index is 0.588. The highest BCUT2D eigenvalue weighted by Gasteiger charge is 2.15. The fraction of sp³-hybridized carbons (Fsp3) is 1.00. The largest absolute Gasteiger partial charge is 0.313 e. The third-order valence-electron chi connectivity index (χ3n) is 2.91. The molecule has 0 fully saturated rings. The van der Waals surface area contributed by atoms with Crippen molar-refractivity contribution >= 4 is 0 Å². The van der Waals surface area contributed by atoms with E-state index in [0.717, 1.165) is 26.2 Å². The van der Waals surface area contributed by atoms with Gasteiger partial charge in [0.25, 0.3) is 0 Å². The molecule has 0 rings (SSSR count). The maximum absolute atomic E-state index is 3.55. The summed E-state index contributed by atoms with van der Waals surface area (Å²) >= 11 is 0. The smallest absolute Gasteiger partial charge is 0.0195 e. The van der Waals surface area contributed by atoms with Gasteiger partial charge in [0.05, 0.1) is 0 Å². The van der Waals surface area contributed by atoms with Crippen LogP contribution in [-0.2, 0) is 0 Å². The summed E-state index contributed by atoms with van der Waals surface area (Å²) < 4.78 is 0. The Bertz CT molecular complexity index is 159. The van der Waals surface area contributed by atoms with Crippen LogP contribution < -0.4 is 5.32 Å². The average Bonchev–Trinajstić information content (AvgIpc) is 2.21. The summed E-state index contributed by atoms with van der Waals surface area (Å²) in [4.78, 5) is 4.81. The van der Waals surface area contributed by atoms with Crippen LogP contribution in [-0.4, -0.2) is 62.2 Å². The maximum Gasteiger partial charge on any atom is 0.0195 e. The molecule has 0 bridgehead atoms. The van der Waals surface area contributed by atoms with Crippen LogP contribution in [0.3, 0.4) is 0 Å². The fourth-order valence-corrected chi connectivity index (χ4v) is 2.07. The Hall–Kier alpha value is -0.120. The van der Waals surface area contributed by atoms with E-state index in [1.165, 1.54) is 6.42 Å². The fourth-order valence-electron chi connectivity index (χ4n) is 2.07. The highest BCUT2D eigenvalue weighted by molar-refractivity contribution is 4.73. The summed E-state index contributed by atoms with van der Waals surface area (Å²) in [6.07, 6.45) is 1.21. The van der Waals surface area contributed by atoms with Gasteiger partial charge in [0.15, 0.2) is 0 Å². The van der Waals surface area contributed by atoms with Crippen LogP contribution in [0.5, 0.6) is 0 Å². The molecular formula is C13H31N3. The second kappa shape index (κ2) is 8.97. The molecule has 0 spiro atoms. The van der Waals surface area contributed by atoms with Crippen molar-refractivity contribution in [1.29, 1.82) is 0 Å². The lowest BCUT2D eigenvalue weighted by Crippen LogP contribution is -2.46. The normalized spacial score (nSPS) is 15.8. The molecule has 0 aliphatic carbocycles. The van der Waals surface area contributed by atoms with Gasteiger partial charge in [-0.25, -0.2) is 0 Å². The molecule has 0 radical (unpaired) electrons. The number of nitrogens with zero attached hydrogens (tertiary/aromatic N) is 2. The van der Waals surface area contributed by atoms with Crippen LogP contribution >= 0.6 is 0 Å². The Labute approximate surface area is 102 Å². The van der Waals surface area contributed by atoms with E-state index in [4.69, 9.17) is 0 Å². The molecule has 3 heteroatoms. The number of likely N-dealkylation sites (N-methyl/N-ethyl adjacent to an activating group) is 2. The van der Waals surface area contributed by atoms with Gasteiger partial charge in [0.1, 0.15) is 0 Å². The third-order valence-corrected chi connectivity index (χ3v) is 2.91. The zero-order valence-electron chi connectivity index (χ0n) is 12.1. The first-order valence-corrected chi connectivity index (χ1v) is 6.63. The summed E-state index contributed by atoms with van der Waals surface area (Å²) in [5, 5.41) is 3.55. The molecule has 2 atom stereocenters. The van der Waals surface area contributed by atoms with Gasteiger partial charge in [0.2, 0.25) is 0 Å². The molecule has 2 unspecified atom stereocenters. The molecule has 0 aliphatic rings. The van der Waals surface area contributed by atoms with Gasteiger partial charge < -0.3 is 10.2 Å². The van der Waals surface area contributed by atoms with Crippen molar-refractivity contribution in [3.8, 4) is 0 Å². The van der Waals surface area contributed by atoms with E-state index in [9.17, 15) is 0 Å². The van der Waals surface area contributed by atoms with Gasteiger partial charge in [0, 0.05) is 25.2 Å². The topological polar surface area (TPSA) is 18.5 Å². The summed E-state index contributed by atoms with van der Waals surface area (Å²) in [6, 6.07) is 1.22. The van der Waals surface area contributed by atoms with Gasteiger partial charge in [-0.05, 0) is 47.5 Å². The summed E-state index contributed by atoms with van der Waals surface area (Å²) in [7, 11) is 4.28. The lowest BCUT2D eigenvalue weighted by molar-refractivity contribution is 0.168. The first-order chi connectivity index (χ1) is 7.51. The van der Waals surface area contributed by atoms with E-state index in [-0.39, 0.29) is 0 Å². The molecule has 0 aromatic rings. The van der Waals surface area contributed by atoms with E-state index in [0.29, 0.717) is 12.1 Å².